The quantitative estimate of drug-likeness (QED) is 0.0916. The van der Waals surface area contributed by atoms with E-state index in [1.807, 2.05) is 102 Å². The highest BCUT2D eigenvalue weighted by molar-refractivity contribution is 7.22. The Hall–Kier alpha value is -7.05. The van der Waals surface area contributed by atoms with Crippen molar-refractivity contribution in [2.45, 2.75) is 29.6 Å². The van der Waals surface area contributed by atoms with Gasteiger partial charge < -0.3 is 36.3 Å². The number of carbonyl (C=O) groups excluding carboxylic acids is 4. The molecule has 6 aromatic rings. The predicted molar refractivity (Wildman–Crippen MR) is 225 cm³/mol. The molecule has 3 aliphatic rings. The van der Waals surface area contributed by atoms with Crippen LogP contribution >= 0.6 is 11.3 Å². The fourth-order valence-corrected chi connectivity index (χ4v) is 9.84. The third kappa shape index (κ3) is 6.68. The number of nitrogens with one attached hydrogen (secondary N) is 3. The fraction of sp³-hybridized carbons (Fsp3) is 0.196. The molecule has 4 heterocycles. The number of hydrogen-bond donors (Lipinski definition) is 5. The third-order valence-electron chi connectivity index (χ3n) is 11.3. The number of aliphatic hydroxyl groups is 1. The molecule has 4 amide bonds. The lowest BCUT2D eigenvalue weighted by atomic mass is 9.65. The second-order valence-electron chi connectivity index (χ2n) is 14.6. The lowest BCUT2D eigenvalue weighted by molar-refractivity contribution is -0.177. The third-order valence-corrected chi connectivity index (χ3v) is 12.2. The molecule has 1 aromatic heterocycles. The molecule has 6 unspecified atom stereocenters. The van der Waals surface area contributed by atoms with E-state index < -0.39 is 59.4 Å². The largest absolute Gasteiger partial charge is 0.491 e. The summed E-state index contributed by atoms with van der Waals surface area (Å²) in [6, 6.07) is 35.3. The summed E-state index contributed by atoms with van der Waals surface area (Å²) in [5, 5.41) is 18.4. The first-order chi connectivity index (χ1) is 29.3. The smallest absolute Gasteiger partial charge is 0.324 e. The van der Waals surface area contributed by atoms with Crippen molar-refractivity contribution >= 4 is 56.2 Å². The van der Waals surface area contributed by atoms with Gasteiger partial charge in [0, 0.05) is 11.3 Å². The van der Waals surface area contributed by atoms with Crippen LogP contribution in [0.25, 0.3) is 10.2 Å². The highest BCUT2D eigenvalue weighted by Crippen LogP contribution is 2.65. The van der Waals surface area contributed by atoms with Crippen LogP contribution in [-0.4, -0.2) is 64.6 Å². The molecular formula is C46H38N6O7S. The lowest BCUT2D eigenvalue weighted by Gasteiger charge is -2.46. The number of nitrogens with two attached hydrogens (primary N) is 1. The second kappa shape index (κ2) is 16.0. The van der Waals surface area contributed by atoms with Gasteiger partial charge in [0.2, 0.25) is 11.8 Å². The molecule has 2 fully saturated rings. The van der Waals surface area contributed by atoms with Gasteiger partial charge in [0.1, 0.15) is 29.9 Å². The molecule has 6 N–H and O–H groups in total. The van der Waals surface area contributed by atoms with Crippen LogP contribution in [0.3, 0.4) is 0 Å². The number of ether oxygens (including phenoxy) is 2. The molecule has 14 heteroatoms. The SMILES string of the molecule is NC(=O)NCC#Cc1ccc2c(c1)C1(C(=O)N2)C(C(=O)Nc2nc3ccccc3s2)C2C(=O)OC(c3ccccc3)C(c3ccccc3)N2C1c1ccc(OCCO)cc1. The van der Waals surface area contributed by atoms with Crippen LogP contribution < -0.4 is 26.4 Å². The van der Waals surface area contributed by atoms with Gasteiger partial charge in [-0.15, -0.1) is 0 Å². The maximum absolute atomic E-state index is 15.4. The van der Waals surface area contributed by atoms with E-state index in [4.69, 9.17) is 15.2 Å². The van der Waals surface area contributed by atoms with Crippen molar-refractivity contribution in [2.75, 3.05) is 30.4 Å². The van der Waals surface area contributed by atoms with Gasteiger partial charge in [-0.3, -0.25) is 19.3 Å². The molecule has 0 aliphatic carbocycles. The van der Waals surface area contributed by atoms with Crippen molar-refractivity contribution in [3.8, 4) is 17.6 Å². The number of aromatic nitrogens is 1. The van der Waals surface area contributed by atoms with Crippen LogP contribution in [0.2, 0.25) is 0 Å². The Kier molecular flexibility index (Phi) is 10.2. The number of urea groups is 1. The van der Waals surface area contributed by atoms with Crippen LogP contribution in [-0.2, 0) is 24.5 Å². The van der Waals surface area contributed by atoms with Crippen LogP contribution in [0.4, 0.5) is 15.6 Å². The summed E-state index contributed by atoms with van der Waals surface area (Å²) in [4.78, 5) is 64.0. The molecule has 13 nitrogen and oxygen atoms in total. The first-order valence-corrected chi connectivity index (χ1v) is 20.2. The number of hydrogen-bond acceptors (Lipinski definition) is 10. The molecular weight excluding hydrogens is 781 g/mol. The minimum atomic E-state index is -1.77. The normalized spacial score (nSPS) is 22.9. The molecule has 2 saturated heterocycles. The molecule has 0 radical (unpaired) electrons. The summed E-state index contributed by atoms with van der Waals surface area (Å²) in [6.45, 7) is -0.127. The van der Waals surface area contributed by atoms with Gasteiger partial charge in [-0.2, -0.15) is 0 Å². The van der Waals surface area contributed by atoms with Gasteiger partial charge in [-0.05, 0) is 64.7 Å². The Balaban J connectivity index is 1.30. The zero-order valence-corrected chi connectivity index (χ0v) is 32.7. The summed E-state index contributed by atoms with van der Waals surface area (Å²) in [7, 11) is 0. The average Bonchev–Trinajstić information content (AvgIpc) is 3.92. The van der Waals surface area contributed by atoms with E-state index in [-0.39, 0.29) is 19.8 Å². The topological polar surface area (TPSA) is 185 Å². The highest BCUT2D eigenvalue weighted by Gasteiger charge is 2.74. The Morgan fingerprint density at radius 1 is 0.900 bits per heavy atom. The number of primary amides is 1. The van der Waals surface area contributed by atoms with Crippen molar-refractivity contribution in [2.24, 2.45) is 11.7 Å². The maximum Gasteiger partial charge on any atom is 0.324 e. The Morgan fingerprint density at radius 2 is 1.62 bits per heavy atom. The summed E-state index contributed by atoms with van der Waals surface area (Å²) < 4.78 is 13.1. The van der Waals surface area contributed by atoms with E-state index >= 15 is 14.4 Å². The first kappa shape index (κ1) is 38.5. The van der Waals surface area contributed by atoms with Crippen LogP contribution in [0.1, 0.15) is 46.0 Å². The number of amides is 4. The van der Waals surface area contributed by atoms with Gasteiger partial charge in [0.15, 0.2) is 5.13 Å². The molecule has 1 spiro atoms. The molecule has 60 heavy (non-hydrogen) atoms. The van der Waals surface area contributed by atoms with Crippen molar-refractivity contribution in [1.29, 1.82) is 0 Å². The predicted octanol–water partition coefficient (Wildman–Crippen LogP) is 5.60. The van der Waals surface area contributed by atoms with Crippen molar-refractivity contribution in [3.05, 3.63) is 155 Å². The molecule has 3 aliphatic heterocycles. The highest BCUT2D eigenvalue weighted by atomic mass is 32.1. The van der Waals surface area contributed by atoms with E-state index in [0.717, 1.165) is 15.8 Å². The monoisotopic (exact) mass is 818 g/mol. The zero-order chi connectivity index (χ0) is 41.4. The minimum Gasteiger partial charge on any atom is -0.491 e. The number of para-hydroxylation sites is 1. The number of anilines is 2. The van der Waals surface area contributed by atoms with Crippen LogP contribution in [0.15, 0.2) is 127 Å². The van der Waals surface area contributed by atoms with E-state index in [0.29, 0.717) is 38.8 Å². The Bertz CT molecular complexity index is 2650. The van der Waals surface area contributed by atoms with Gasteiger partial charge >= 0.3 is 12.0 Å². The molecule has 5 aromatic carbocycles. The van der Waals surface area contributed by atoms with E-state index in [2.05, 4.69) is 32.8 Å². The average molecular weight is 819 g/mol. The van der Waals surface area contributed by atoms with Gasteiger partial charge in [0.05, 0.1) is 41.4 Å². The van der Waals surface area contributed by atoms with Crippen molar-refractivity contribution in [1.82, 2.24) is 15.2 Å². The molecule has 6 atom stereocenters. The summed E-state index contributed by atoms with van der Waals surface area (Å²) in [6.07, 6.45) is -0.839. The Labute approximate surface area is 348 Å². The Morgan fingerprint density at radius 3 is 2.33 bits per heavy atom. The summed E-state index contributed by atoms with van der Waals surface area (Å²) in [5.74, 6) is 3.31. The first-order valence-electron chi connectivity index (χ1n) is 19.3. The van der Waals surface area contributed by atoms with E-state index in [9.17, 15) is 9.90 Å². The summed E-state index contributed by atoms with van der Waals surface area (Å²) >= 11 is 1.29. The number of nitrogens with zero attached hydrogens (tertiary/aromatic N) is 2. The number of benzene rings is 5. The van der Waals surface area contributed by atoms with E-state index in [1.54, 1.807) is 30.3 Å². The lowest BCUT2D eigenvalue weighted by Crippen LogP contribution is -2.53. The standard InChI is InChI=1S/C46H38N6O7S/c47-44(57)48-23-9-10-27-17-22-33-32(26-27)46(43(56)49-33)36(41(54)51-45-50-34-15-7-8-16-35(34)60-45)38-42(55)59-39(29-13-5-2-6-14-29)37(28-11-3-1-4-12-28)52(38)40(46)30-18-20-31(21-19-30)58-25-24-53/h1-8,11-22,26,36-40,53H,23-25H2,(H,49,56)(H3,47,48,57)(H,50,51,54). The van der Waals surface area contributed by atoms with Crippen molar-refractivity contribution in [3.63, 3.8) is 0 Å². The number of aliphatic hydroxyl groups excluding tert-OH is 1. The minimum absolute atomic E-state index is 0.0173. The number of rotatable bonds is 9. The van der Waals surface area contributed by atoms with Gasteiger partial charge in [-0.25, -0.2) is 9.78 Å². The molecule has 9 rings (SSSR count). The van der Waals surface area contributed by atoms with E-state index in [1.165, 1.54) is 11.3 Å². The number of carbonyl (C=O) groups is 4. The summed E-state index contributed by atoms with van der Waals surface area (Å²) in [5.41, 5.74) is 7.77. The molecule has 300 valence electrons. The second-order valence-corrected chi connectivity index (χ2v) is 15.6. The number of esters is 1. The maximum atomic E-state index is 15.4. The molecule has 0 bridgehead atoms. The number of cyclic esters (lactones) is 1. The number of thiazole rings is 1. The van der Waals surface area contributed by atoms with Gasteiger partial charge in [0.25, 0.3) is 0 Å². The van der Waals surface area contributed by atoms with Gasteiger partial charge in [-0.1, -0.05) is 108 Å². The van der Waals surface area contributed by atoms with Crippen molar-refractivity contribution < 1.29 is 33.8 Å². The fourth-order valence-electron chi connectivity index (χ4n) is 8.97. The number of fused-ring (bicyclic) bond motifs is 4. The number of morpholine rings is 1. The zero-order valence-electron chi connectivity index (χ0n) is 31.9. The van der Waals surface area contributed by atoms with Crippen LogP contribution in [0.5, 0.6) is 5.75 Å². The van der Waals surface area contributed by atoms with Crippen LogP contribution in [0, 0.1) is 17.8 Å². The molecule has 0 saturated carbocycles.